The van der Waals surface area contributed by atoms with Crippen molar-refractivity contribution in [2.75, 3.05) is 30.3 Å². The van der Waals surface area contributed by atoms with Gasteiger partial charge in [-0.3, -0.25) is 14.5 Å². The van der Waals surface area contributed by atoms with Crippen molar-refractivity contribution in [2.45, 2.75) is 17.7 Å². The number of likely N-dealkylation sites (tertiary alicyclic amines) is 1. The Labute approximate surface area is 167 Å². The predicted octanol–water partition coefficient (Wildman–Crippen LogP) is 3.30. The maximum absolute atomic E-state index is 13.3. The quantitative estimate of drug-likeness (QED) is 0.790. The van der Waals surface area contributed by atoms with Crippen LogP contribution in [0.25, 0.3) is 0 Å². The second-order valence-corrected chi connectivity index (χ2v) is 8.26. The first-order valence-electron chi connectivity index (χ1n) is 9.26. The van der Waals surface area contributed by atoms with Gasteiger partial charge in [-0.1, -0.05) is 18.2 Å². The van der Waals surface area contributed by atoms with E-state index in [2.05, 4.69) is 0 Å². The number of nitrogens with zero attached hydrogens (tertiary/aromatic N) is 2. The lowest BCUT2D eigenvalue weighted by Crippen LogP contribution is -2.53. The van der Waals surface area contributed by atoms with Crippen LogP contribution in [-0.4, -0.2) is 47.0 Å². The first-order chi connectivity index (χ1) is 13.6. The van der Waals surface area contributed by atoms with Crippen LogP contribution >= 0.6 is 11.8 Å². The molecule has 28 heavy (non-hydrogen) atoms. The molecule has 0 aliphatic carbocycles. The summed E-state index contributed by atoms with van der Waals surface area (Å²) in [6.07, 6.45) is 1.36. The minimum absolute atomic E-state index is 0.00473. The van der Waals surface area contributed by atoms with Crippen molar-refractivity contribution in [1.82, 2.24) is 4.90 Å². The molecule has 7 heteroatoms. The summed E-state index contributed by atoms with van der Waals surface area (Å²) < 4.78 is 18.8. The summed E-state index contributed by atoms with van der Waals surface area (Å²) in [5, 5.41) is 0. The largest absolute Gasteiger partial charge is 0.484 e. The molecule has 5 nitrogen and oxygen atoms in total. The van der Waals surface area contributed by atoms with E-state index in [0.717, 1.165) is 0 Å². The standard InChI is InChI=1S/C21H21FN2O3S/c22-16-6-8-17(9-7-16)24-20(26)15-28-21(24)10-12-23(13-11-21)19(25)14-27-18-4-2-1-3-5-18/h1-9H,10-15H2. The van der Waals surface area contributed by atoms with Crippen molar-refractivity contribution >= 4 is 29.3 Å². The summed E-state index contributed by atoms with van der Waals surface area (Å²) in [6, 6.07) is 15.3. The van der Waals surface area contributed by atoms with Crippen LogP contribution in [0.4, 0.5) is 10.1 Å². The molecule has 2 aromatic rings. The molecule has 0 saturated carbocycles. The molecule has 2 aliphatic heterocycles. The third-order valence-electron chi connectivity index (χ3n) is 5.21. The van der Waals surface area contributed by atoms with Gasteiger partial charge in [-0.2, -0.15) is 0 Å². The lowest BCUT2D eigenvalue weighted by Gasteiger charge is -2.44. The number of thioether (sulfide) groups is 1. The molecule has 4 rings (SSSR count). The molecule has 2 aromatic carbocycles. The second kappa shape index (κ2) is 7.83. The zero-order valence-corrected chi connectivity index (χ0v) is 16.2. The molecule has 0 unspecified atom stereocenters. The number of ether oxygens (including phenoxy) is 1. The number of anilines is 1. The van der Waals surface area contributed by atoms with Gasteiger partial charge < -0.3 is 9.64 Å². The van der Waals surface area contributed by atoms with E-state index >= 15 is 0 Å². The SMILES string of the molecule is O=C(COc1ccccc1)N1CCC2(CC1)SCC(=O)N2c1ccc(F)cc1. The number of piperidine rings is 1. The summed E-state index contributed by atoms with van der Waals surface area (Å²) in [4.78, 5) is 28.2. The van der Waals surface area contributed by atoms with Gasteiger partial charge in [-0.25, -0.2) is 4.39 Å². The fourth-order valence-corrected chi connectivity index (χ4v) is 5.08. The highest BCUT2D eigenvalue weighted by Gasteiger charge is 2.49. The second-order valence-electron chi connectivity index (χ2n) is 6.92. The molecule has 2 aliphatic rings. The van der Waals surface area contributed by atoms with Gasteiger partial charge in [0, 0.05) is 18.8 Å². The third kappa shape index (κ3) is 3.71. The van der Waals surface area contributed by atoms with Gasteiger partial charge in [-0.15, -0.1) is 11.8 Å². The topological polar surface area (TPSA) is 49.9 Å². The fourth-order valence-electron chi connectivity index (χ4n) is 3.75. The van der Waals surface area contributed by atoms with E-state index in [1.54, 1.807) is 33.7 Å². The van der Waals surface area contributed by atoms with Gasteiger partial charge in [0.1, 0.15) is 11.6 Å². The van der Waals surface area contributed by atoms with Crippen molar-refractivity contribution in [3.63, 3.8) is 0 Å². The van der Waals surface area contributed by atoms with Crippen LogP contribution in [0.5, 0.6) is 5.75 Å². The van der Waals surface area contributed by atoms with Crippen LogP contribution in [0.1, 0.15) is 12.8 Å². The number of carbonyl (C=O) groups excluding carboxylic acids is 2. The van der Waals surface area contributed by atoms with Crippen LogP contribution in [0.15, 0.2) is 54.6 Å². The highest BCUT2D eigenvalue weighted by molar-refractivity contribution is 8.02. The zero-order valence-electron chi connectivity index (χ0n) is 15.3. The molecule has 2 fully saturated rings. The number of hydrogen-bond acceptors (Lipinski definition) is 4. The Morgan fingerprint density at radius 3 is 2.43 bits per heavy atom. The summed E-state index contributed by atoms with van der Waals surface area (Å²) in [7, 11) is 0. The van der Waals surface area contributed by atoms with Crippen LogP contribution in [0.3, 0.4) is 0 Å². The summed E-state index contributed by atoms with van der Waals surface area (Å²) >= 11 is 1.62. The van der Waals surface area contributed by atoms with E-state index in [1.807, 2.05) is 30.3 Å². The number of benzene rings is 2. The van der Waals surface area contributed by atoms with Crippen molar-refractivity contribution < 1.29 is 18.7 Å². The minimum atomic E-state index is -0.369. The molecule has 0 radical (unpaired) electrons. The van der Waals surface area contributed by atoms with Gasteiger partial charge in [0.05, 0.1) is 10.6 Å². The lowest BCUT2D eigenvalue weighted by atomic mass is 10.0. The van der Waals surface area contributed by atoms with Gasteiger partial charge in [-0.05, 0) is 49.2 Å². The first-order valence-corrected chi connectivity index (χ1v) is 10.2. The molecular formula is C21H21FN2O3S. The van der Waals surface area contributed by atoms with Gasteiger partial charge in [0.2, 0.25) is 5.91 Å². The number of carbonyl (C=O) groups is 2. The molecule has 2 heterocycles. The van der Waals surface area contributed by atoms with Crippen molar-refractivity contribution in [3.8, 4) is 5.75 Å². The average Bonchev–Trinajstić information content (AvgIpc) is 3.04. The molecule has 0 bridgehead atoms. The number of rotatable bonds is 4. The fraction of sp³-hybridized carbons (Fsp3) is 0.333. The predicted molar refractivity (Wildman–Crippen MR) is 107 cm³/mol. The maximum atomic E-state index is 13.3. The monoisotopic (exact) mass is 400 g/mol. The van der Waals surface area contributed by atoms with Gasteiger partial charge >= 0.3 is 0 Å². The maximum Gasteiger partial charge on any atom is 0.260 e. The lowest BCUT2D eigenvalue weighted by molar-refractivity contribution is -0.134. The van der Waals surface area contributed by atoms with Gasteiger partial charge in [0.25, 0.3) is 5.91 Å². The van der Waals surface area contributed by atoms with E-state index < -0.39 is 0 Å². The number of halogens is 1. The molecule has 0 aromatic heterocycles. The van der Waals surface area contributed by atoms with E-state index in [-0.39, 0.29) is 29.1 Å². The molecule has 0 atom stereocenters. The molecular weight excluding hydrogens is 379 g/mol. The Kier molecular flexibility index (Phi) is 5.26. The third-order valence-corrected chi connectivity index (χ3v) is 6.73. The molecule has 146 valence electrons. The van der Waals surface area contributed by atoms with E-state index in [9.17, 15) is 14.0 Å². The Morgan fingerprint density at radius 1 is 1.07 bits per heavy atom. The molecule has 0 N–H and O–H groups in total. The highest BCUT2D eigenvalue weighted by atomic mass is 32.2. The smallest absolute Gasteiger partial charge is 0.260 e. The number of amides is 2. The molecule has 2 saturated heterocycles. The Bertz CT molecular complexity index is 852. The highest BCUT2D eigenvalue weighted by Crippen LogP contribution is 2.46. The molecule has 1 spiro atoms. The minimum Gasteiger partial charge on any atom is -0.484 e. The number of para-hydroxylation sites is 1. The van der Waals surface area contributed by atoms with Gasteiger partial charge in [0.15, 0.2) is 6.61 Å². The Hall–Kier alpha value is -2.54. The van der Waals surface area contributed by atoms with Crippen molar-refractivity contribution in [1.29, 1.82) is 0 Å². The summed E-state index contributed by atoms with van der Waals surface area (Å²) in [5.41, 5.74) is 0.712. The van der Waals surface area contributed by atoms with E-state index in [1.165, 1.54) is 12.1 Å². The average molecular weight is 400 g/mol. The molecule has 2 amide bonds. The Morgan fingerprint density at radius 2 is 1.75 bits per heavy atom. The first kappa shape index (κ1) is 18.8. The van der Waals surface area contributed by atoms with Crippen LogP contribution < -0.4 is 9.64 Å². The summed E-state index contributed by atoms with van der Waals surface area (Å²) in [5.74, 6) is 0.729. The normalized spacial score (nSPS) is 18.5. The number of hydrogen-bond donors (Lipinski definition) is 0. The summed E-state index contributed by atoms with van der Waals surface area (Å²) in [6.45, 7) is 1.13. The van der Waals surface area contributed by atoms with E-state index in [4.69, 9.17) is 4.74 Å². The van der Waals surface area contributed by atoms with Crippen LogP contribution in [0.2, 0.25) is 0 Å². The van der Waals surface area contributed by atoms with E-state index in [0.29, 0.717) is 43.1 Å². The van der Waals surface area contributed by atoms with Crippen molar-refractivity contribution in [2.24, 2.45) is 0 Å². The zero-order chi connectivity index (χ0) is 19.6. The van der Waals surface area contributed by atoms with Crippen molar-refractivity contribution in [3.05, 3.63) is 60.4 Å². The van der Waals surface area contributed by atoms with Crippen LogP contribution in [0, 0.1) is 5.82 Å². The Balaban J connectivity index is 1.40. The van der Waals surface area contributed by atoms with Crippen LogP contribution in [-0.2, 0) is 9.59 Å².